The number of nitrogens with two attached hydrogens (primary N) is 1. The summed E-state index contributed by atoms with van der Waals surface area (Å²) in [6.07, 6.45) is 2.10. The van der Waals surface area contributed by atoms with Crippen molar-refractivity contribution in [2.24, 2.45) is 11.7 Å². The predicted octanol–water partition coefficient (Wildman–Crippen LogP) is 0.530. The zero-order chi connectivity index (χ0) is 21.6. The zero-order valence-corrected chi connectivity index (χ0v) is 17.4. The Balaban J connectivity index is 2.03. The maximum absolute atomic E-state index is 12.9. The fourth-order valence-corrected chi connectivity index (χ4v) is 3.63. The lowest BCUT2D eigenvalue weighted by molar-refractivity contribution is -0.140. The second-order valence-corrected chi connectivity index (χ2v) is 7.97. The summed E-state index contributed by atoms with van der Waals surface area (Å²) in [6, 6.07) is 4.51. The summed E-state index contributed by atoms with van der Waals surface area (Å²) in [5, 5.41) is 14.8. The number of hydrogen-bond donors (Lipinski definition) is 4. The van der Waals surface area contributed by atoms with Gasteiger partial charge in [0.2, 0.25) is 17.7 Å². The van der Waals surface area contributed by atoms with Gasteiger partial charge in [0.25, 0.3) is 0 Å². The minimum Gasteiger partial charge on any atom is -0.508 e. The van der Waals surface area contributed by atoms with E-state index in [9.17, 15) is 19.5 Å². The second kappa shape index (κ2) is 10.2. The smallest absolute Gasteiger partial charge is 0.243 e. The van der Waals surface area contributed by atoms with Crippen molar-refractivity contribution in [1.29, 1.82) is 0 Å². The molecule has 29 heavy (non-hydrogen) atoms. The molecule has 8 nitrogen and oxygen atoms in total. The van der Waals surface area contributed by atoms with Crippen molar-refractivity contribution in [3.05, 3.63) is 29.8 Å². The van der Waals surface area contributed by atoms with Crippen LogP contribution in [0, 0.1) is 5.92 Å². The first-order valence-electron chi connectivity index (χ1n) is 10.1. The summed E-state index contributed by atoms with van der Waals surface area (Å²) in [5.74, 6) is -0.459. The quantitative estimate of drug-likeness (QED) is 0.503. The molecule has 8 heteroatoms. The number of carbonyl (C=O) groups is 3. The molecule has 0 spiro atoms. The topological polar surface area (TPSA) is 125 Å². The highest BCUT2D eigenvalue weighted by Gasteiger charge is 2.37. The number of rotatable bonds is 8. The van der Waals surface area contributed by atoms with Crippen LogP contribution in [0.3, 0.4) is 0 Å². The minimum atomic E-state index is -0.779. The average Bonchev–Trinajstić information content (AvgIpc) is 3.17. The third-order valence-electron chi connectivity index (χ3n) is 5.13. The van der Waals surface area contributed by atoms with Crippen LogP contribution in [0.25, 0.3) is 0 Å². The van der Waals surface area contributed by atoms with Gasteiger partial charge in [-0.3, -0.25) is 14.4 Å². The van der Waals surface area contributed by atoms with E-state index in [1.54, 1.807) is 24.3 Å². The molecule has 1 saturated heterocycles. The van der Waals surface area contributed by atoms with E-state index in [-0.39, 0.29) is 29.4 Å². The van der Waals surface area contributed by atoms with Gasteiger partial charge in [-0.15, -0.1) is 0 Å². The van der Waals surface area contributed by atoms with E-state index >= 15 is 0 Å². The third-order valence-corrected chi connectivity index (χ3v) is 5.13. The molecular weight excluding hydrogens is 372 g/mol. The summed E-state index contributed by atoms with van der Waals surface area (Å²) in [4.78, 5) is 39.3. The van der Waals surface area contributed by atoms with Gasteiger partial charge in [-0.2, -0.15) is 0 Å². The fraction of sp³-hybridized carbons (Fsp3) is 0.571. The predicted molar refractivity (Wildman–Crippen MR) is 110 cm³/mol. The van der Waals surface area contributed by atoms with Crippen LogP contribution >= 0.6 is 0 Å². The molecule has 1 heterocycles. The number of phenolic OH excluding ortho intramolecular Hbond substituents is 1. The number of amides is 3. The number of likely N-dealkylation sites (N-methyl/N-ethyl adjacent to an activating group) is 1. The van der Waals surface area contributed by atoms with Crippen molar-refractivity contribution in [2.45, 2.75) is 57.7 Å². The molecule has 5 N–H and O–H groups in total. The number of hydrogen-bond acceptors (Lipinski definition) is 5. The van der Waals surface area contributed by atoms with Crippen LogP contribution in [-0.2, 0) is 20.8 Å². The normalized spacial score (nSPS) is 18.4. The summed E-state index contributed by atoms with van der Waals surface area (Å²) < 4.78 is 0. The molecule has 1 aromatic carbocycles. The standard InChI is InChI=1S/C21H32N4O4/c1-13(2)11-17(19(27)23-3)24-20(28)18-5-4-10-25(18)21(29)16(22)12-14-6-8-15(26)9-7-14/h6-9,13,16-18,26H,4-5,10-12,22H2,1-3H3,(H,23,27)(H,24,28)/t16-,17-,18-/m0/s1. The highest BCUT2D eigenvalue weighted by Crippen LogP contribution is 2.20. The molecule has 0 unspecified atom stereocenters. The van der Waals surface area contributed by atoms with E-state index in [4.69, 9.17) is 5.73 Å². The Hall–Kier alpha value is -2.61. The molecule has 160 valence electrons. The first-order valence-corrected chi connectivity index (χ1v) is 10.1. The summed E-state index contributed by atoms with van der Waals surface area (Å²) in [5.41, 5.74) is 6.95. The van der Waals surface area contributed by atoms with Crippen molar-refractivity contribution in [1.82, 2.24) is 15.5 Å². The van der Waals surface area contributed by atoms with E-state index < -0.39 is 18.1 Å². The van der Waals surface area contributed by atoms with Crippen molar-refractivity contribution in [3.63, 3.8) is 0 Å². The maximum Gasteiger partial charge on any atom is 0.243 e. The van der Waals surface area contributed by atoms with Gasteiger partial charge in [0.1, 0.15) is 17.8 Å². The molecule has 3 amide bonds. The van der Waals surface area contributed by atoms with Gasteiger partial charge in [-0.1, -0.05) is 26.0 Å². The average molecular weight is 405 g/mol. The molecular formula is C21H32N4O4. The lowest BCUT2D eigenvalue weighted by atomic mass is 10.0. The SMILES string of the molecule is CNC(=O)[C@H](CC(C)C)NC(=O)[C@@H]1CCCN1C(=O)[C@@H](N)Cc1ccc(O)cc1. The molecule has 1 aliphatic heterocycles. The molecule has 0 aromatic heterocycles. The minimum absolute atomic E-state index is 0.150. The Morgan fingerprint density at radius 3 is 2.48 bits per heavy atom. The van der Waals surface area contributed by atoms with Gasteiger partial charge in [0, 0.05) is 13.6 Å². The summed E-state index contributed by atoms with van der Waals surface area (Å²) in [6.45, 7) is 4.43. The number of likely N-dealkylation sites (tertiary alicyclic amines) is 1. The van der Waals surface area contributed by atoms with E-state index in [0.717, 1.165) is 5.56 Å². The second-order valence-electron chi connectivity index (χ2n) is 7.97. The number of phenols is 1. The van der Waals surface area contributed by atoms with Gasteiger partial charge in [0.15, 0.2) is 0 Å². The van der Waals surface area contributed by atoms with E-state index in [2.05, 4.69) is 10.6 Å². The van der Waals surface area contributed by atoms with Crippen LogP contribution in [0.5, 0.6) is 5.75 Å². The molecule has 0 aliphatic carbocycles. The van der Waals surface area contributed by atoms with Crippen LogP contribution in [-0.4, -0.2) is 59.4 Å². The summed E-state index contributed by atoms with van der Waals surface area (Å²) >= 11 is 0. The monoisotopic (exact) mass is 404 g/mol. The Morgan fingerprint density at radius 1 is 1.24 bits per heavy atom. The lowest BCUT2D eigenvalue weighted by Crippen LogP contribution is -2.55. The fourth-order valence-electron chi connectivity index (χ4n) is 3.63. The van der Waals surface area contributed by atoms with Gasteiger partial charge in [-0.05, 0) is 49.3 Å². The molecule has 0 bridgehead atoms. The summed E-state index contributed by atoms with van der Waals surface area (Å²) in [7, 11) is 1.54. The van der Waals surface area contributed by atoms with Crippen LogP contribution in [0.15, 0.2) is 24.3 Å². The molecule has 3 atom stereocenters. The third kappa shape index (κ3) is 6.19. The van der Waals surface area contributed by atoms with Crippen LogP contribution in [0.1, 0.15) is 38.7 Å². The lowest BCUT2D eigenvalue weighted by Gasteiger charge is -2.28. The first kappa shape index (κ1) is 22.7. The van der Waals surface area contributed by atoms with Gasteiger partial charge in [-0.25, -0.2) is 0 Å². The zero-order valence-electron chi connectivity index (χ0n) is 17.4. The number of nitrogens with zero attached hydrogens (tertiary/aromatic N) is 1. The maximum atomic E-state index is 12.9. The van der Waals surface area contributed by atoms with E-state index in [1.165, 1.54) is 11.9 Å². The van der Waals surface area contributed by atoms with Gasteiger partial charge < -0.3 is 26.4 Å². The molecule has 2 rings (SSSR count). The molecule has 0 saturated carbocycles. The number of nitrogens with one attached hydrogen (secondary N) is 2. The van der Waals surface area contributed by atoms with Crippen molar-refractivity contribution >= 4 is 17.7 Å². The molecule has 0 radical (unpaired) electrons. The van der Waals surface area contributed by atoms with Gasteiger partial charge in [0.05, 0.1) is 6.04 Å². The van der Waals surface area contributed by atoms with E-state index in [0.29, 0.717) is 32.2 Å². The largest absolute Gasteiger partial charge is 0.508 e. The number of benzene rings is 1. The van der Waals surface area contributed by atoms with Crippen LogP contribution < -0.4 is 16.4 Å². The van der Waals surface area contributed by atoms with Crippen molar-refractivity contribution in [3.8, 4) is 5.75 Å². The van der Waals surface area contributed by atoms with Crippen molar-refractivity contribution in [2.75, 3.05) is 13.6 Å². The Bertz CT molecular complexity index is 720. The van der Waals surface area contributed by atoms with E-state index in [1.807, 2.05) is 13.8 Å². The Labute approximate surface area is 171 Å². The number of carbonyl (C=O) groups excluding carboxylic acids is 3. The number of aromatic hydroxyl groups is 1. The van der Waals surface area contributed by atoms with Crippen LogP contribution in [0.4, 0.5) is 0 Å². The Kier molecular flexibility index (Phi) is 8.01. The molecule has 1 aromatic rings. The molecule has 1 fully saturated rings. The highest BCUT2D eigenvalue weighted by molar-refractivity contribution is 5.93. The first-order chi connectivity index (χ1) is 13.7. The highest BCUT2D eigenvalue weighted by atomic mass is 16.3. The van der Waals surface area contributed by atoms with Crippen LogP contribution in [0.2, 0.25) is 0 Å². The Morgan fingerprint density at radius 2 is 1.90 bits per heavy atom. The molecule has 1 aliphatic rings. The van der Waals surface area contributed by atoms with Gasteiger partial charge >= 0.3 is 0 Å². The van der Waals surface area contributed by atoms with Crippen molar-refractivity contribution < 1.29 is 19.5 Å².